The summed E-state index contributed by atoms with van der Waals surface area (Å²) in [4.78, 5) is 43.4. The minimum Gasteiger partial charge on any atom is -0.501 e. The third-order valence-corrected chi connectivity index (χ3v) is 8.35. The van der Waals surface area contributed by atoms with E-state index in [1.165, 1.54) is 0 Å². The van der Waals surface area contributed by atoms with Crippen LogP contribution < -0.4 is 32.4 Å². The van der Waals surface area contributed by atoms with Crippen molar-refractivity contribution in [1.82, 2.24) is 0 Å². The topological polar surface area (TPSA) is 342 Å². The van der Waals surface area contributed by atoms with Gasteiger partial charge in [-0.05, 0) is 30.3 Å². The molecule has 3 aromatic rings. The number of phenols is 1. The molecule has 0 amide bonds. The van der Waals surface area contributed by atoms with Crippen LogP contribution in [0.1, 0.15) is 0 Å². The van der Waals surface area contributed by atoms with E-state index in [9.17, 15) is 64.7 Å². The van der Waals surface area contributed by atoms with Gasteiger partial charge in [0.1, 0.15) is 15.9 Å². The van der Waals surface area contributed by atoms with Gasteiger partial charge >= 0.3 is 16.1 Å². The van der Waals surface area contributed by atoms with Crippen molar-refractivity contribution in [3.63, 3.8) is 0 Å². The molecule has 0 atom stereocenters. The molecule has 0 unspecified atom stereocenters. The number of benzene rings is 3. The predicted molar refractivity (Wildman–Crippen MR) is 147 cm³/mol. The number of rotatable bonds is 12. The molecule has 0 fully saturated rings. The Labute approximate surface area is 249 Å². The minimum absolute atomic E-state index is 0.437. The van der Waals surface area contributed by atoms with Gasteiger partial charge in [-0.15, -0.1) is 0 Å². The first-order chi connectivity index (χ1) is 20.7. The first-order valence-electron chi connectivity index (χ1n) is 11.3. The van der Waals surface area contributed by atoms with Crippen LogP contribution in [-0.2, 0) is 34.5 Å². The lowest BCUT2D eigenvalue weighted by Gasteiger charge is -2.10. The Kier molecular flexibility index (Phi) is 9.75. The largest absolute Gasteiger partial charge is 0.501 e. The smallest absolute Gasteiger partial charge is 0.397 e. The van der Waals surface area contributed by atoms with Crippen molar-refractivity contribution < 1.29 is 53.5 Å². The predicted octanol–water partition coefficient (Wildman–Crippen LogP) is -1.50. The molecule has 0 aromatic heterocycles. The average Bonchev–Trinajstić information content (AvgIpc) is 2.91. The summed E-state index contributed by atoms with van der Waals surface area (Å²) in [5.41, 5.74) is -1.50. The van der Waals surface area contributed by atoms with Crippen LogP contribution in [0.3, 0.4) is 0 Å². The van der Waals surface area contributed by atoms with Crippen molar-refractivity contribution in [3.8, 4) is 5.75 Å². The zero-order valence-electron chi connectivity index (χ0n) is 21.6. The number of nitro benzene ring substituents is 2. The van der Waals surface area contributed by atoms with Crippen molar-refractivity contribution in [2.75, 3.05) is 23.2 Å². The summed E-state index contributed by atoms with van der Waals surface area (Å²) in [5.74, 6) is -2.14. The second kappa shape index (κ2) is 12.8. The summed E-state index contributed by atoms with van der Waals surface area (Å²) in [7, 11) is -14.7. The Morgan fingerprint density at radius 3 is 2.07 bits per heavy atom. The Bertz CT molecular complexity index is 2280. The maximum atomic E-state index is 12.8. The molecule has 22 nitrogen and oxygen atoms in total. The maximum absolute atomic E-state index is 12.8. The van der Waals surface area contributed by atoms with E-state index in [1.807, 2.05) is 10.9 Å². The highest BCUT2D eigenvalue weighted by Gasteiger charge is 2.25. The lowest BCUT2D eigenvalue weighted by atomic mass is 10.2. The fraction of sp³-hybridized carbons (Fsp3) is 0.100. The van der Waals surface area contributed by atoms with Gasteiger partial charge in [-0.3, -0.25) is 49.8 Å². The van der Waals surface area contributed by atoms with Crippen LogP contribution in [0.2, 0.25) is 0 Å². The van der Waals surface area contributed by atoms with Gasteiger partial charge in [-0.2, -0.15) is 27.0 Å². The van der Waals surface area contributed by atoms with Crippen LogP contribution in [0, 0.1) is 20.2 Å². The van der Waals surface area contributed by atoms with Gasteiger partial charge in [0.15, 0.2) is 15.2 Å². The molecule has 0 spiro atoms. The van der Waals surface area contributed by atoms with Gasteiger partial charge in [0.05, 0.1) is 38.9 Å². The van der Waals surface area contributed by atoms with Crippen LogP contribution >= 0.6 is 0 Å². The molecule has 3 rings (SSSR count). The molecule has 45 heavy (non-hydrogen) atoms. The monoisotopic (exact) mass is 692 g/mol. The summed E-state index contributed by atoms with van der Waals surface area (Å²) in [6.07, 6.45) is 0. The standard InChI is InChI=1S/C20H16N6O16S3/c27-16-4-3-13(22-23-14-7-10(25(30)31)8-15(19(14)28)26(32)33)20(29)18(16)24-21-12-2-1-11(9-17(12)44(36,37)38)43(34,35)6-5-42-45(39,40)41/h1-4,7-9,21,23,28H,5-6H2,(H,36,37,38)(H,39,40,41). The van der Waals surface area contributed by atoms with Crippen molar-refractivity contribution >= 4 is 53.1 Å². The third kappa shape index (κ3) is 8.46. The molecule has 0 saturated heterocycles. The molecule has 0 heterocycles. The molecule has 0 aliphatic rings. The number of nitrogens with one attached hydrogen (secondary N) is 2. The van der Waals surface area contributed by atoms with E-state index in [0.717, 1.165) is 24.3 Å². The zero-order chi connectivity index (χ0) is 33.9. The highest BCUT2D eigenvalue weighted by molar-refractivity contribution is 7.91. The lowest BCUT2D eigenvalue weighted by Crippen LogP contribution is -2.48. The molecule has 0 bridgehead atoms. The van der Waals surface area contributed by atoms with E-state index in [0.29, 0.717) is 18.2 Å². The summed E-state index contributed by atoms with van der Waals surface area (Å²) in [5, 5.41) is 37.8. The van der Waals surface area contributed by atoms with Gasteiger partial charge in [0.25, 0.3) is 15.8 Å². The van der Waals surface area contributed by atoms with E-state index in [4.69, 9.17) is 4.55 Å². The number of anilines is 2. The van der Waals surface area contributed by atoms with Gasteiger partial charge in [-0.1, -0.05) is 0 Å². The number of nitro groups is 2. The number of nitrogens with zero attached hydrogens (tertiary/aromatic N) is 4. The van der Waals surface area contributed by atoms with Gasteiger partial charge in [0, 0.05) is 6.07 Å². The van der Waals surface area contributed by atoms with E-state index in [2.05, 4.69) is 14.4 Å². The number of non-ortho nitro benzene ring substituents is 1. The molecule has 0 saturated carbocycles. The quantitative estimate of drug-likeness (QED) is 0.0623. The van der Waals surface area contributed by atoms with Gasteiger partial charge in [0.2, 0.25) is 16.6 Å². The van der Waals surface area contributed by atoms with E-state index in [1.54, 1.807) is 0 Å². The first kappa shape index (κ1) is 34.3. The van der Waals surface area contributed by atoms with Crippen LogP contribution in [0.25, 0.3) is 0 Å². The highest BCUT2D eigenvalue weighted by atomic mass is 32.3. The number of phenolic OH excluding ortho intramolecular Hbond substituents is 1. The molecule has 240 valence electrons. The Morgan fingerprint density at radius 2 is 1.49 bits per heavy atom. The zero-order valence-corrected chi connectivity index (χ0v) is 24.1. The normalized spacial score (nSPS) is 13.0. The van der Waals surface area contributed by atoms with E-state index < -0.39 is 112 Å². The Hall–Kier alpha value is -5.21. The van der Waals surface area contributed by atoms with E-state index in [-0.39, 0.29) is 0 Å². The fourth-order valence-electron chi connectivity index (χ4n) is 3.28. The average molecular weight is 693 g/mol. The fourth-order valence-corrected chi connectivity index (χ4v) is 5.53. The summed E-state index contributed by atoms with van der Waals surface area (Å²) in [6.45, 7) is -1.05. The van der Waals surface area contributed by atoms with Crippen LogP contribution in [0.5, 0.6) is 5.75 Å². The summed E-state index contributed by atoms with van der Waals surface area (Å²) < 4.78 is 92.1. The Morgan fingerprint density at radius 1 is 0.844 bits per heavy atom. The molecule has 5 N–H and O–H groups in total. The molecule has 0 aliphatic heterocycles. The number of aromatic hydroxyl groups is 1. The molecule has 3 aromatic carbocycles. The number of sulfone groups is 1. The van der Waals surface area contributed by atoms with E-state index >= 15 is 0 Å². The van der Waals surface area contributed by atoms with Crippen LogP contribution in [-0.4, -0.2) is 61.7 Å². The molecular weight excluding hydrogens is 676 g/mol. The van der Waals surface area contributed by atoms with Crippen LogP contribution in [0.15, 0.2) is 72.0 Å². The Balaban J connectivity index is 2.04. The molecule has 25 heteroatoms. The van der Waals surface area contributed by atoms with Crippen molar-refractivity contribution in [3.05, 3.63) is 93.9 Å². The van der Waals surface area contributed by atoms with Crippen molar-refractivity contribution in [2.24, 2.45) is 10.2 Å². The molecule has 0 radical (unpaired) electrons. The molecule has 0 aliphatic carbocycles. The SMILES string of the molecule is O=c1ccc(=NNc2cc([N+](=O)[O-])cc([N+](=O)[O-])c2O)c(=O)c1=NNc1ccc(S(=O)(=O)CCOS(=O)(=O)O)cc1S(=O)(=O)O. The number of hydrogen-bond donors (Lipinski definition) is 5. The summed E-state index contributed by atoms with van der Waals surface area (Å²) >= 11 is 0. The second-order valence-electron chi connectivity index (χ2n) is 8.28. The van der Waals surface area contributed by atoms with Gasteiger partial charge < -0.3 is 5.11 Å². The lowest BCUT2D eigenvalue weighted by molar-refractivity contribution is -0.394. The van der Waals surface area contributed by atoms with Gasteiger partial charge in [-0.25, -0.2) is 12.6 Å². The number of hydrogen-bond acceptors (Lipinski definition) is 18. The van der Waals surface area contributed by atoms with Crippen LogP contribution in [0.4, 0.5) is 22.7 Å². The highest BCUT2D eigenvalue weighted by Crippen LogP contribution is 2.37. The minimum atomic E-state index is -5.21. The first-order valence-corrected chi connectivity index (χ1v) is 15.7. The van der Waals surface area contributed by atoms with Crippen molar-refractivity contribution in [2.45, 2.75) is 9.79 Å². The summed E-state index contributed by atoms with van der Waals surface area (Å²) in [6, 6.07) is 4.70. The molecular formula is C20H16N6O16S3. The maximum Gasteiger partial charge on any atom is 0.397 e. The third-order valence-electron chi connectivity index (χ3n) is 5.32. The van der Waals surface area contributed by atoms with Crippen molar-refractivity contribution in [1.29, 1.82) is 0 Å². The second-order valence-corrected chi connectivity index (χ2v) is 12.9.